The number of carbonyl (C=O) groups is 1. The Hall–Kier alpha value is -3.51. The molecule has 0 bridgehead atoms. The maximum atomic E-state index is 13.0. The summed E-state index contributed by atoms with van der Waals surface area (Å²) in [6.07, 6.45) is -0.675. The van der Waals surface area contributed by atoms with Crippen molar-refractivity contribution in [2.24, 2.45) is 0 Å². The highest BCUT2D eigenvalue weighted by Crippen LogP contribution is 2.46. The summed E-state index contributed by atoms with van der Waals surface area (Å²) in [4.78, 5) is 13.0. The Labute approximate surface area is 205 Å². The van der Waals surface area contributed by atoms with E-state index < -0.39 is 27.3 Å². The predicted octanol–water partition coefficient (Wildman–Crippen LogP) is 4.55. The second-order valence-corrected chi connectivity index (χ2v) is 11.4. The molecule has 3 aromatic rings. The van der Waals surface area contributed by atoms with Gasteiger partial charge in [-0.25, -0.2) is 13.1 Å². The van der Waals surface area contributed by atoms with E-state index in [1.54, 1.807) is 87.5 Å². The fourth-order valence-electron chi connectivity index (χ4n) is 3.97. The lowest BCUT2D eigenvalue weighted by molar-refractivity contribution is -0.117. The number of rotatable bonds is 6. The molecule has 2 N–H and O–H groups in total. The number of anilines is 1. The minimum Gasteiger partial charge on any atom is -0.351 e. The topological polar surface area (TPSA) is 112 Å². The molecular formula is C27H27N3O4S. The van der Waals surface area contributed by atoms with E-state index in [-0.39, 0.29) is 10.8 Å². The van der Waals surface area contributed by atoms with Crippen molar-refractivity contribution in [2.45, 2.75) is 49.8 Å². The van der Waals surface area contributed by atoms with Gasteiger partial charge in [0.25, 0.3) is 5.91 Å². The zero-order valence-corrected chi connectivity index (χ0v) is 20.8. The summed E-state index contributed by atoms with van der Waals surface area (Å²) >= 11 is 0. The van der Waals surface area contributed by atoms with Crippen LogP contribution in [-0.4, -0.2) is 26.0 Å². The van der Waals surface area contributed by atoms with E-state index in [1.165, 1.54) is 0 Å². The standard InChI is InChI=1S/C27H27N3O4S/c1-26(2,3)30-35(32,33)23-11-6-5-10-22(23)19-12-14-21(15-13-19)29-25(31)24-27(4,34-24)20-9-7-8-18(16-20)17-28/h5-16,24,30H,1-4H3,(H,29,31). The van der Waals surface area contributed by atoms with E-state index in [1.807, 2.05) is 13.0 Å². The average Bonchev–Trinajstić information content (AvgIpc) is 3.51. The summed E-state index contributed by atoms with van der Waals surface area (Å²) in [6.45, 7) is 7.19. The van der Waals surface area contributed by atoms with Crippen molar-refractivity contribution in [3.8, 4) is 17.2 Å². The summed E-state index contributed by atoms with van der Waals surface area (Å²) in [7, 11) is -3.73. The molecule has 0 aliphatic carbocycles. The van der Waals surface area contributed by atoms with Crippen LogP contribution in [0, 0.1) is 11.3 Å². The van der Waals surface area contributed by atoms with Crippen LogP contribution in [0.1, 0.15) is 38.8 Å². The zero-order chi connectivity index (χ0) is 25.4. The molecule has 2 atom stereocenters. The van der Waals surface area contributed by atoms with Gasteiger partial charge in [-0.1, -0.05) is 42.5 Å². The summed E-state index contributed by atoms with van der Waals surface area (Å²) in [6, 6.07) is 22.9. The van der Waals surface area contributed by atoms with Gasteiger partial charge >= 0.3 is 0 Å². The number of ether oxygens (including phenoxy) is 1. The maximum Gasteiger partial charge on any atom is 0.256 e. The number of nitrogens with zero attached hydrogens (tertiary/aromatic N) is 1. The third kappa shape index (κ3) is 5.28. The number of amides is 1. The molecule has 4 rings (SSSR count). The second kappa shape index (κ2) is 8.93. The summed E-state index contributed by atoms with van der Waals surface area (Å²) in [5.74, 6) is -0.292. The monoisotopic (exact) mass is 489 g/mol. The van der Waals surface area contributed by atoms with Crippen LogP contribution in [0.2, 0.25) is 0 Å². The summed E-state index contributed by atoms with van der Waals surface area (Å²) < 4.78 is 34.3. The van der Waals surface area contributed by atoms with Gasteiger partial charge in [-0.3, -0.25) is 4.79 Å². The van der Waals surface area contributed by atoms with Crippen molar-refractivity contribution in [3.05, 3.63) is 83.9 Å². The molecule has 1 amide bonds. The van der Waals surface area contributed by atoms with E-state index in [2.05, 4.69) is 16.1 Å². The van der Waals surface area contributed by atoms with Crippen LogP contribution in [0.25, 0.3) is 11.1 Å². The highest BCUT2D eigenvalue weighted by Gasteiger charge is 2.58. The lowest BCUT2D eigenvalue weighted by Crippen LogP contribution is -2.40. The van der Waals surface area contributed by atoms with Gasteiger partial charge < -0.3 is 10.1 Å². The van der Waals surface area contributed by atoms with Gasteiger partial charge in [-0.2, -0.15) is 5.26 Å². The number of sulfonamides is 1. The first kappa shape index (κ1) is 24.6. The quantitative estimate of drug-likeness (QED) is 0.493. The fourth-order valence-corrected chi connectivity index (χ4v) is 5.62. The van der Waals surface area contributed by atoms with Crippen LogP contribution in [0.15, 0.2) is 77.7 Å². The molecule has 1 heterocycles. The van der Waals surface area contributed by atoms with Gasteiger partial charge in [-0.05, 0) is 69.2 Å². The summed E-state index contributed by atoms with van der Waals surface area (Å²) in [5.41, 5.74) is 1.72. The number of nitrogens with one attached hydrogen (secondary N) is 2. The number of benzene rings is 3. The molecule has 8 heteroatoms. The Morgan fingerprint density at radius 3 is 2.37 bits per heavy atom. The Morgan fingerprint density at radius 1 is 1.03 bits per heavy atom. The SMILES string of the molecule is CC(C)(C)NS(=O)(=O)c1ccccc1-c1ccc(NC(=O)C2OC2(C)c2cccc(C#N)c2)cc1. The second-order valence-electron chi connectivity index (χ2n) is 9.72. The van der Waals surface area contributed by atoms with E-state index >= 15 is 0 Å². The Balaban J connectivity index is 1.50. The molecule has 0 aromatic heterocycles. The van der Waals surface area contributed by atoms with Crippen LogP contribution in [-0.2, 0) is 25.2 Å². The molecule has 1 fully saturated rings. The third-order valence-corrected chi connectivity index (χ3v) is 7.51. The van der Waals surface area contributed by atoms with Crippen LogP contribution < -0.4 is 10.0 Å². The predicted molar refractivity (Wildman–Crippen MR) is 134 cm³/mol. The molecule has 1 aliphatic rings. The van der Waals surface area contributed by atoms with Crippen molar-refractivity contribution in [2.75, 3.05) is 5.32 Å². The number of carbonyl (C=O) groups excluding carboxylic acids is 1. The molecule has 3 aromatic carbocycles. The maximum absolute atomic E-state index is 13.0. The van der Waals surface area contributed by atoms with Gasteiger partial charge in [0, 0.05) is 16.8 Å². The van der Waals surface area contributed by atoms with E-state index in [9.17, 15) is 13.2 Å². The number of hydrogen-bond donors (Lipinski definition) is 2. The molecule has 35 heavy (non-hydrogen) atoms. The first-order chi connectivity index (χ1) is 16.4. The largest absolute Gasteiger partial charge is 0.351 e. The first-order valence-corrected chi connectivity index (χ1v) is 12.6. The smallest absolute Gasteiger partial charge is 0.256 e. The zero-order valence-electron chi connectivity index (χ0n) is 20.0. The van der Waals surface area contributed by atoms with Gasteiger partial charge in [0.15, 0.2) is 6.10 Å². The molecule has 1 saturated heterocycles. The molecule has 7 nitrogen and oxygen atoms in total. The van der Waals surface area contributed by atoms with Gasteiger partial charge in [0.05, 0.1) is 16.5 Å². The highest BCUT2D eigenvalue weighted by molar-refractivity contribution is 7.89. The Morgan fingerprint density at radius 2 is 1.71 bits per heavy atom. The van der Waals surface area contributed by atoms with Crippen LogP contribution in [0.3, 0.4) is 0 Å². The minimum atomic E-state index is -3.73. The van der Waals surface area contributed by atoms with Crippen molar-refractivity contribution < 1.29 is 17.9 Å². The number of epoxide rings is 1. The third-order valence-electron chi connectivity index (χ3n) is 5.69. The Kier molecular flexibility index (Phi) is 6.28. The van der Waals surface area contributed by atoms with Gasteiger partial charge in [-0.15, -0.1) is 0 Å². The van der Waals surface area contributed by atoms with Crippen molar-refractivity contribution in [1.29, 1.82) is 5.26 Å². The minimum absolute atomic E-state index is 0.188. The van der Waals surface area contributed by atoms with E-state index in [4.69, 9.17) is 10.00 Å². The van der Waals surface area contributed by atoms with Crippen molar-refractivity contribution in [1.82, 2.24) is 4.72 Å². The first-order valence-electron chi connectivity index (χ1n) is 11.2. The molecule has 0 radical (unpaired) electrons. The molecular weight excluding hydrogens is 462 g/mol. The molecule has 0 saturated carbocycles. The molecule has 180 valence electrons. The fraction of sp³-hybridized carbons (Fsp3) is 0.259. The summed E-state index contributed by atoms with van der Waals surface area (Å²) in [5, 5.41) is 12.0. The van der Waals surface area contributed by atoms with E-state index in [0.29, 0.717) is 22.4 Å². The number of hydrogen-bond acceptors (Lipinski definition) is 5. The normalized spacial score (nSPS) is 19.6. The van der Waals surface area contributed by atoms with Gasteiger partial charge in [0.1, 0.15) is 5.60 Å². The van der Waals surface area contributed by atoms with Crippen LogP contribution in [0.5, 0.6) is 0 Å². The average molecular weight is 490 g/mol. The molecule has 0 spiro atoms. The molecule has 1 aliphatic heterocycles. The highest BCUT2D eigenvalue weighted by atomic mass is 32.2. The van der Waals surface area contributed by atoms with Crippen molar-refractivity contribution >= 4 is 21.6 Å². The lowest BCUT2D eigenvalue weighted by Gasteiger charge is -2.21. The lowest BCUT2D eigenvalue weighted by atomic mass is 9.95. The molecule has 2 unspecified atom stereocenters. The van der Waals surface area contributed by atoms with E-state index in [0.717, 1.165) is 5.56 Å². The van der Waals surface area contributed by atoms with Crippen LogP contribution >= 0.6 is 0 Å². The Bertz CT molecular complexity index is 1420. The van der Waals surface area contributed by atoms with Crippen LogP contribution in [0.4, 0.5) is 5.69 Å². The van der Waals surface area contributed by atoms with Gasteiger partial charge in [0.2, 0.25) is 10.0 Å². The van der Waals surface area contributed by atoms with Crippen molar-refractivity contribution in [3.63, 3.8) is 0 Å². The number of nitriles is 1.